The number of nitrogens with zero attached hydrogens (tertiary/aromatic N) is 1. The minimum absolute atomic E-state index is 0.0844. The van der Waals surface area contributed by atoms with E-state index in [0.717, 1.165) is 34.8 Å². The summed E-state index contributed by atoms with van der Waals surface area (Å²) < 4.78 is 88.4. The summed E-state index contributed by atoms with van der Waals surface area (Å²) in [5.41, 5.74) is -0.934. The first kappa shape index (κ1) is 20.2. The van der Waals surface area contributed by atoms with E-state index in [1.54, 1.807) is 13.8 Å². The summed E-state index contributed by atoms with van der Waals surface area (Å²) in [4.78, 5) is -0.230. The average molecular weight is 399 g/mol. The van der Waals surface area contributed by atoms with Crippen molar-refractivity contribution in [3.63, 3.8) is 0 Å². The van der Waals surface area contributed by atoms with Crippen LogP contribution in [0.4, 0.5) is 13.2 Å². The van der Waals surface area contributed by atoms with Gasteiger partial charge in [0.15, 0.2) is 9.84 Å². The summed E-state index contributed by atoms with van der Waals surface area (Å²) >= 11 is 0. The van der Waals surface area contributed by atoms with Gasteiger partial charge in [-0.3, -0.25) is 0 Å². The van der Waals surface area contributed by atoms with Gasteiger partial charge in [0.05, 0.1) is 22.0 Å². The Labute approximate surface area is 145 Å². The normalized spacial score (nSPS) is 23.3. The number of sulfone groups is 1. The SMILES string of the molecule is CC(C)[C@@H]1CN(S(C)(=O)=O)CC1S(=O)(=O)c1ccc(C(F)(F)F)cc1. The summed E-state index contributed by atoms with van der Waals surface area (Å²) in [6.07, 6.45) is -3.54. The lowest BCUT2D eigenvalue weighted by atomic mass is 9.95. The molecule has 25 heavy (non-hydrogen) atoms. The van der Waals surface area contributed by atoms with E-state index in [-0.39, 0.29) is 23.9 Å². The van der Waals surface area contributed by atoms with Gasteiger partial charge in [-0.25, -0.2) is 21.1 Å². The highest BCUT2D eigenvalue weighted by molar-refractivity contribution is 7.92. The molecule has 2 atom stereocenters. The lowest BCUT2D eigenvalue weighted by molar-refractivity contribution is -0.137. The number of hydrogen-bond acceptors (Lipinski definition) is 4. The fourth-order valence-electron chi connectivity index (χ4n) is 3.01. The molecule has 0 N–H and O–H groups in total. The largest absolute Gasteiger partial charge is 0.416 e. The van der Waals surface area contributed by atoms with Crippen LogP contribution in [0.15, 0.2) is 29.2 Å². The zero-order valence-corrected chi connectivity index (χ0v) is 15.6. The Balaban J connectivity index is 2.40. The van der Waals surface area contributed by atoms with Crippen molar-refractivity contribution >= 4 is 19.9 Å². The van der Waals surface area contributed by atoms with Gasteiger partial charge in [-0.1, -0.05) is 13.8 Å². The molecule has 1 unspecified atom stereocenters. The van der Waals surface area contributed by atoms with E-state index in [4.69, 9.17) is 0 Å². The van der Waals surface area contributed by atoms with Crippen LogP contribution in [0, 0.1) is 11.8 Å². The van der Waals surface area contributed by atoms with Gasteiger partial charge >= 0.3 is 6.18 Å². The van der Waals surface area contributed by atoms with Gasteiger partial charge < -0.3 is 0 Å². The van der Waals surface area contributed by atoms with Gasteiger partial charge in [0.2, 0.25) is 10.0 Å². The number of sulfonamides is 1. The third kappa shape index (κ3) is 4.17. The number of rotatable bonds is 4. The van der Waals surface area contributed by atoms with Gasteiger partial charge in [-0.15, -0.1) is 0 Å². The molecule has 1 aromatic carbocycles. The van der Waals surface area contributed by atoms with Crippen LogP contribution in [-0.4, -0.2) is 45.7 Å². The van der Waals surface area contributed by atoms with Crippen molar-refractivity contribution in [3.05, 3.63) is 29.8 Å². The zero-order valence-electron chi connectivity index (χ0n) is 14.0. The Morgan fingerprint density at radius 1 is 1.04 bits per heavy atom. The van der Waals surface area contributed by atoms with Crippen molar-refractivity contribution in [2.75, 3.05) is 19.3 Å². The van der Waals surface area contributed by atoms with Gasteiger partial charge in [-0.05, 0) is 36.1 Å². The molecule has 5 nitrogen and oxygen atoms in total. The highest BCUT2D eigenvalue weighted by Crippen LogP contribution is 2.35. The van der Waals surface area contributed by atoms with E-state index < -0.39 is 42.8 Å². The van der Waals surface area contributed by atoms with Gasteiger partial charge in [0.1, 0.15) is 0 Å². The first-order valence-electron chi connectivity index (χ1n) is 7.61. The van der Waals surface area contributed by atoms with Crippen molar-refractivity contribution in [1.82, 2.24) is 4.31 Å². The molecule has 0 saturated carbocycles. The summed E-state index contributed by atoms with van der Waals surface area (Å²) in [5, 5.41) is -0.987. The minimum atomic E-state index is -4.55. The Morgan fingerprint density at radius 2 is 1.56 bits per heavy atom. The Hall–Kier alpha value is -1.13. The first-order chi connectivity index (χ1) is 11.2. The second kappa shape index (κ2) is 6.55. The summed E-state index contributed by atoms with van der Waals surface area (Å²) in [6, 6.07) is 3.30. The Kier molecular flexibility index (Phi) is 5.29. The fraction of sp³-hybridized carbons (Fsp3) is 0.600. The Bertz CT molecular complexity index is 831. The molecule has 142 valence electrons. The predicted molar refractivity (Wildman–Crippen MR) is 87.2 cm³/mol. The molecule has 1 aliphatic heterocycles. The van der Waals surface area contributed by atoms with E-state index in [1.165, 1.54) is 0 Å². The molecule has 1 heterocycles. The molecule has 1 aliphatic rings. The van der Waals surface area contributed by atoms with Crippen LogP contribution < -0.4 is 0 Å². The molecule has 10 heteroatoms. The summed E-state index contributed by atoms with van der Waals surface area (Å²) in [6.45, 7) is 3.49. The monoisotopic (exact) mass is 399 g/mol. The number of hydrogen-bond donors (Lipinski definition) is 0. The number of alkyl halides is 3. The van der Waals surface area contributed by atoms with Gasteiger partial charge in [0.25, 0.3) is 0 Å². The van der Waals surface area contributed by atoms with E-state index in [2.05, 4.69) is 0 Å². The molecule has 0 bridgehead atoms. The molecule has 0 aliphatic carbocycles. The number of benzene rings is 1. The van der Waals surface area contributed by atoms with Gasteiger partial charge in [-0.2, -0.15) is 13.2 Å². The smallest absolute Gasteiger partial charge is 0.223 e. The summed E-state index contributed by atoms with van der Waals surface area (Å²) in [5.74, 6) is -0.525. The van der Waals surface area contributed by atoms with E-state index in [9.17, 15) is 30.0 Å². The average Bonchev–Trinajstić information content (AvgIpc) is 2.92. The molecule has 2 rings (SSSR count). The maximum atomic E-state index is 12.9. The fourth-order valence-corrected chi connectivity index (χ4v) is 6.08. The maximum absolute atomic E-state index is 12.9. The highest BCUT2D eigenvalue weighted by atomic mass is 32.2. The van der Waals surface area contributed by atoms with Crippen molar-refractivity contribution in [2.24, 2.45) is 11.8 Å². The van der Waals surface area contributed by atoms with Gasteiger partial charge in [0, 0.05) is 13.1 Å². The molecule has 0 aromatic heterocycles. The van der Waals surface area contributed by atoms with Crippen molar-refractivity contribution in [2.45, 2.75) is 30.2 Å². The van der Waals surface area contributed by atoms with Crippen LogP contribution in [-0.2, 0) is 26.0 Å². The topological polar surface area (TPSA) is 71.5 Å². The van der Waals surface area contributed by atoms with Crippen LogP contribution in [0.3, 0.4) is 0 Å². The molecular weight excluding hydrogens is 379 g/mol. The van der Waals surface area contributed by atoms with Crippen LogP contribution in [0.2, 0.25) is 0 Å². The third-order valence-corrected chi connectivity index (χ3v) is 7.97. The van der Waals surface area contributed by atoms with Crippen LogP contribution in [0.5, 0.6) is 0 Å². The lowest BCUT2D eigenvalue weighted by Crippen LogP contribution is -2.33. The van der Waals surface area contributed by atoms with E-state index in [1.807, 2.05) is 0 Å². The molecule has 1 aromatic rings. The molecule has 1 saturated heterocycles. The molecule has 0 spiro atoms. The van der Waals surface area contributed by atoms with Crippen LogP contribution in [0.1, 0.15) is 19.4 Å². The van der Waals surface area contributed by atoms with Crippen LogP contribution >= 0.6 is 0 Å². The lowest BCUT2D eigenvalue weighted by Gasteiger charge is -2.22. The van der Waals surface area contributed by atoms with E-state index >= 15 is 0 Å². The number of halogens is 3. The molecule has 0 amide bonds. The summed E-state index contributed by atoms with van der Waals surface area (Å²) in [7, 11) is -7.51. The second-order valence-corrected chi connectivity index (χ2v) is 10.7. The van der Waals surface area contributed by atoms with E-state index in [0.29, 0.717) is 0 Å². The molecular formula is C15H20F3NO4S2. The predicted octanol–water partition coefficient (Wildman–Crippen LogP) is 2.40. The quantitative estimate of drug-likeness (QED) is 0.780. The zero-order chi connectivity index (χ0) is 19.2. The van der Waals surface area contributed by atoms with Crippen molar-refractivity contribution in [3.8, 4) is 0 Å². The Morgan fingerprint density at radius 3 is 1.96 bits per heavy atom. The van der Waals surface area contributed by atoms with Crippen molar-refractivity contribution in [1.29, 1.82) is 0 Å². The minimum Gasteiger partial charge on any atom is -0.223 e. The first-order valence-corrected chi connectivity index (χ1v) is 11.0. The standard InChI is InChI=1S/C15H20F3NO4S2/c1-10(2)13-8-19(24(3,20)21)9-14(13)25(22,23)12-6-4-11(5-7-12)15(16,17)18/h4-7,10,13-14H,8-9H2,1-3H3/t13-,14?/m0/s1. The maximum Gasteiger partial charge on any atom is 0.416 e. The molecule has 0 radical (unpaired) electrons. The molecule has 1 fully saturated rings. The third-order valence-electron chi connectivity index (χ3n) is 4.51. The highest BCUT2D eigenvalue weighted by Gasteiger charge is 2.46. The van der Waals surface area contributed by atoms with Crippen LogP contribution in [0.25, 0.3) is 0 Å². The van der Waals surface area contributed by atoms with Crippen molar-refractivity contribution < 1.29 is 30.0 Å². The second-order valence-electron chi connectivity index (χ2n) is 6.59.